The van der Waals surface area contributed by atoms with E-state index in [0.717, 1.165) is 22.2 Å². The summed E-state index contributed by atoms with van der Waals surface area (Å²) in [7, 11) is 0. The average molecular weight is 243 g/mol. The van der Waals surface area contributed by atoms with Gasteiger partial charge in [-0.3, -0.25) is 4.79 Å². The Morgan fingerprint density at radius 2 is 1.94 bits per heavy atom. The van der Waals surface area contributed by atoms with Gasteiger partial charge in [-0.25, -0.2) is 0 Å². The molecule has 1 saturated carbocycles. The summed E-state index contributed by atoms with van der Waals surface area (Å²) in [5.41, 5.74) is 1.82. The number of ether oxygens (including phenoxy) is 2. The van der Waals surface area contributed by atoms with Crippen LogP contribution in [0.25, 0.3) is 10.9 Å². The summed E-state index contributed by atoms with van der Waals surface area (Å²) in [6, 6.07) is 4.27. The van der Waals surface area contributed by atoms with E-state index in [2.05, 4.69) is 4.57 Å². The van der Waals surface area contributed by atoms with E-state index in [9.17, 15) is 4.79 Å². The number of benzene rings is 1. The first-order valence-corrected chi connectivity index (χ1v) is 6.19. The van der Waals surface area contributed by atoms with Gasteiger partial charge in [0, 0.05) is 29.3 Å². The minimum Gasteiger partial charge on any atom is -0.454 e. The molecule has 0 unspecified atom stereocenters. The summed E-state index contributed by atoms with van der Waals surface area (Å²) in [5, 5.41) is 0.728. The fraction of sp³-hybridized carbons (Fsp3) is 0.357. The first-order valence-electron chi connectivity index (χ1n) is 6.19. The van der Waals surface area contributed by atoms with Crippen molar-refractivity contribution in [2.24, 2.45) is 0 Å². The van der Waals surface area contributed by atoms with Crippen LogP contribution in [-0.4, -0.2) is 11.4 Å². The molecule has 0 saturated heterocycles. The van der Waals surface area contributed by atoms with Crippen molar-refractivity contribution in [3.8, 4) is 11.5 Å². The maximum atomic E-state index is 12.2. The number of nitrogens with zero attached hydrogens (tertiary/aromatic N) is 1. The summed E-state index contributed by atoms with van der Waals surface area (Å²) in [6.07, 6.45) is 4.34. The predicted molar refractivity (Wildman–Crippen MR) is 67.3 cm³/mol. The lowest BCUT2D eigenvalue weighted by molar-refractivity contribution is 0.174. The molecule has 0 amide bonds. The molecular formula is C14H13NO3. The Balaban J connectivity index is 2.12. The zero-order valence-corrected chi connectivity index (χ0v) is 10.1. The largest absolute Gasteiger partial charge is 0.454 e. The summed E-state index contributed by atoms with van der Waals surface area (Å²) < 4.78 is 12.9. The molecule has 1 aliphatic carbocycles. The normalized spacial score (nSPS) is 17.4. The molecule has 0 radical (unpaired) electrons. The fourth-order valence-electron chi connectivity index (χ4n) is 2.53. The highest BCUT2D eigenvalue weighted by molar-refractivity contribution is 5.84. The number of hydrogen-bond donors (Lipinski definition) is 0. The molecule has 1 aliphatic heterocycles. The summed E-state index contributed by atoms with van der Waals surface area (Å²) in [4.78, 5) is 12.2. The molecule has 2 heterocycles. The molecule has 0 spiro atoms. The van der Waals surface area contributed by atoms with Gasteiger partial charge in [0.15, 0.2) is 16.9 Å². The van der Waals surface area contributed by atoms with Gasteiger partial charge in [0.2, 0.25) is 6.79 Å². The third-order valence-electron chi connectivity index (χ3n) is 3.64. The molecule has 0 bridgehead atoms. The van der Waals surface area contributed by atoms with Crippen LogP contribution in [0.4, 0.5) is 0 Å². The highest BCUT2D eigenvalue weighted by atomic mass is 16.7. The van der Waals surface area contributed by atoms with Crippen LogP contribution in [0.5, 0.6) is 11.5 Å². The Kier molecular flexibility index (Phi) is 1.82. The van der Waals surface area contributed by atoms with E-state index in [1.807, 2.05) is 25.3 Å². The van der Waals surface area contributed by atoms with Gasteiger partial charge < -0.3 is 14.0 Å². The van der Waals surface area contributed by atoms with E-state index in [-0.39, 0.29) is 12.2 Å². The zero-order chi connectivity index (χ0) is 12.3. The third-order valence-corrected chi connectivity index (χ3v) is 3.64. The number of pyridine rings is 1. The summed E-state index contributed by atoms with van der Waals surface area (Å²) in [5.74, 6) is 1.41. The second kappa shape index (κ2) is 3.28. The summed E-state index contributed by atoms with van der Waals surface area (Å²) >= 11 is 0. The second-order valence-electron chi connectivity index (χ2n) is 5.00. The molecule has 1 fully saturated rings. The highest BCUT2D eigenvalue weighted by Gasteiger charge is 2.26. The highest BCUT2D eigenvalue weighted by Crippen LogP contribution is 2.40. The fourth-order valence-corrected chi connectivity index (χ4v) is 2.53. The van der Waals surface area contributed by atoms with E-state index < -0.39 is 0 Å². The van der Waals surface area contributed by atoms with Gasteiger partial charge in [0.05, 0.1) is 5.52 Å². The minimum atomic E-state index is 0.0835. The maximum Gasteiger partial charge on any atom is 0.231 e. The monoisotopic (exact) mass is 243 g/mol. The van der Waals surface area contributed by atoms with Crippen LogP contribution >= 0.6 is 0 Å². The van der Waals surface area contributed by atoms with Gasteiger partial charge in [0.25, 0.3) is 0 Å². The SMILES string of the molecule is Cc1cn(C2CC2)c2cc3c(cc2c1=O)OCO3. The van der Waals surface area contributed by atoms with Crippen molar-refractivity contribution in [1.29, 1.82) is 0 Å². The van der Waals surface area contributed by atoms with Crippen LogP contribution in [-0.2, 0) is 0 Å². The third kappa shape index (κ3) is 1.29. The van der Waals surface area contributed by atoms with Gasteiger partial charge in [-0.2, -0.15) is 0 Å². The molecule has 18 heavy (non-hydrogen) atoms. The lowest BCUT2D eigenvalue weighted by Gasteiger charge is -2.11. The number of rotatable bonds is 1. The van der Waals surface area contributed by atoms with Crippen LogP contribution in [0.1, 0.15) is 24.4 Å². The van der Waals surface area contributed by atoms with Crippen molar-refractivity contribution < 1.29 is 9.47 Å². The first kappa shape index (κ1) is 10.00. The van der Waals surface area contributed by atoms with Crippen molar-refractivity contribution in [3.05, 3.63) is 34.1 Å². The van der Waals surface area contributed by atoms with Crippen molar-refractivity contribution >= 4 is 10.9 Å². The molecule has 4 nitrogen and oxygen atoms in total. The molecule has 1 aromatic carbocycles. The van der Waals surface area contributed by atoms with Crippen molar-refractivity contribution in [2.75, 3.05) is 6.79 Å². The zero-order valence-electron chi connectivity index (χ0n) is 10.1. The standard InChI is InChI=1S/C14H13NO3/c1-8-6-15(9-2-3-9)11-5-13-12(17-7-18-13)4-10(11)14(8)16/h4-6,9H,2-3,7H2,1H3. The topological polar surface area (TPSA) is 40.5 Å². The number of aromatic nitrogens is 1. The molecule has 1 aromatic heterocycles. The van der Waals surface area contributed by atoms with E-state index >= 15 is 0 Å². The van der Waals surface area contributed by atoms with Crippen molar-refractivity contribution in [2.45, 2.75) is 25.8 Å². The number of hydrogen-bond acceptors (Lipinski definition) is 3. The Morgan fingerprint density at radius 3 is 2.67 bits per heavy atom. The van der Waals surface area contributed by atoms with Crippen LogP contribution in [0.2, 0.25) is 0 Å². The van der Waals surface area contributed by atoms with Crippen LogP contribution in [0, 0.1) is 6.92 Å². The predicted octanol–water partition coefficient (Wildman–Crippen LogP) is 2.37. The molecule has 4 rings (SSSR count). The van der Waals surface area contributed by atoms with Gasteiger partial charge in [-0.15, -0.1) is 0 Å². The average Bonchev–Trinajstić information content (AvgIpc) is 3.10. The Hall–Kier alpha value is -1.97. The van der Waals surface area contributed by atoms with Crippen LogP contribution in [0.15, 0.2) is 23.1 Å². The van der Waals surface area contributed by atoms with Crippen LogP contribution < -0.4 is 14.9 Å². The van der Waals surface area contributed by atoms with E-state index in [1.54, 1.807) is 0 Å². The Morgan fingerprint density at radius 1 is 1.22 bits per heavy atom. The van der Waals surface area contributed by atoms with E-state index in [4.69, 9.17) is 9.47 Å². The molecule has 0 atom stereocenters. The van der Waals surface area contributed by atoms with E-state index in [0.29, 0.717) is 11.8 Å². The Labute approximate surface area is 104 Å². The molecular weight excluding hydrogens is 230 g/mol. The maximum absolute atomic E-state index is 12.2. The quantitative estimate of drug-likeness (QED) is 0.772. The molecule has 0 N–H and O–H groups in total. The van der Waals surface area contributed by atoms with E-state index in [1.165, 1.54) is 12.8 Å². The van der Waals surface area contributed by atoms with Crippen molar-refractivity contribution in [1.82, 2.24) is 4.57 Å². The minimum absolute atomic E-state index is 0.0835. The molecule has 2 aromatic rings. The number of fused-ring (bicyclic) bond motifs is 2. The van der Waals surface area contributed by atoms with Gasteiger partial charge >= 0.3 is 0 Å². The second-order valence-corrected chi connectivity index (χ2v) is 5.00. The van der Waals surface area contributed by atoms with Crippen LogP contribution in [0.3, 0.4) is 0 Å². The van der Waals surface area contributed by atoms with Gasteiger partial charge in [-0.1, -0.05) is 0 Å². The lowest BCUT2D eigenvalue weighted by atomic mass is 10.1. The Bertz CT molecular complexity index is 713. The smallest absolute Gasteiger partial charge is 0.231 e. The van der Waals surface area contributed by atoms with Gasteiger partial charge in [-0.05, 0) is 25.8 Å². The van der Waals surface area contributed by atoms with Gasteiger partial charge in [0.1, 0.15) is 0 Å². The lowest BCUT2D eigenvalue weighted by Crippen LogP contribution is -2.11. The summed E-state index contributed by atoms with van der Waals surface area (Å²) in [6.45, 7) is 2.10. The van der Waals surface area contributed by atoms with Crippen molar-refractivity contribution in [3.63, 3.8) is 0 Å². The molecule has 2 aliphatic rings. The number of aryl methyl sites for hydroxylation is 1. The molecule has 92 valence electrons. The first-order chi connectivity index (χ1) is 8.74. The molecule has 4 heteroatoms.